The molecule has 0 bridgehead atoms. The molecule has 0 aliphatic carbocycles. The highest BCUT2D eigenvalue weighted by atomic mass is 19.4. The number of carbonyl (C=O) groups excluding carboxylic acids is 2. The number of nitrogens with one attached hydrogen (secondary N) is 2. The van der Waals surface area contributed by atoms with Crippen molar-refractivity contribution < 1.29 is 49.8 Å². The number of oxazole rings is 1. The summed E-state index contributed by atoms with van der Waals surface area (Å²) in [6, 6.07) is 5.92. The molecule has 2 heterocycles. The van der Waals surface area contributed by atoms with Crippen molar-refractivity contribution in [2.75, 3.05) is 36.8 Å². The van der Waals surface area contributed by atoms with Crippen molar-refractivity contribution >= 4 is 23.6 Å². The highest BCUT2D eigenvalue weighted by Gasteiger charge is 2.71. The van der Waals surface area contributed by atoms with E-state index in [1.807, 2.05) is 4.90 Å². The summed E-state index contributed by atoms with van der Waals surface area (Å²) in [5.74, 6) is -1.33. The maximum atomic E-state index is 14.6. The quantitative estimate of drug-likeness (QED) is 0.359. The summed E-state index contributed by atoms with van der Waals surface area (Å²) in [6.07, 6.45) is -9.40. The minimum Gasteiger partial charge on any atom is -0.432 e. The molecule has 3 aromatic rings. The summed E-state index contributed by atoms with van der Waals surface area (Å²) in [4.78, 5) is 31.8. The lowest BCUT2D eigenvalue weighted by Crippen LogP contribution is -2.53. The molecule has 3 N–H and O–H groups in total. The summed E-state index contributed by atoms with van der Waals surface area (Å²) in [5, 5.41) is 14.0. The van der Waals surface area contributed by atoms with Crippen LogP contribution in [0.5, 0.6) is 0 Å². The Morgan fingerprint density at radius 1 is 0.927 bits per heavy atom. The molecule has 1 aliphatic heterocycles. The number of hydrogen-bond donors (Lipinski definition) is 3. The van der Waals surface area contributed by atoms with Crippen LogP contribution in [0.3, 0.4) is 0 Å². The normalized spacial score (nSPS) is 15.1. The van der Waals surface area contributed by atoms with Gasteiger partial charge in [-0.1, -0.05) is 24.3 Å². The van der Waals surface area contributed by atoms with E-state index >= 15 is 0 Å². The molecular formula is C25H22F7N5O4. The molecule has 3 amide bonds. The average molecular weight is 589 g/mol. The summed E-state index contributed by atoms with van der Waals surface area (Å²) >= 11 is 0. The zero-order chi connectivity index (χ0) is 30.0. The van der Waals surface area contributed by atoms with Gasteiger partial charge in [-0.05, 0) is 23.8 Å². The Hall–Kier alpha value is -4.18. The Labute approximate surface area is 227 Å². The molecule has 16 heteroatoms. The van der Waals surface area contributed by atoms with Crippen LogP contribution in [0.25, 0.3) is 0 Å². The summed E-state index contributed by atoms with van der Waals surface area (Å²) in [5.41, 5.74) is -6.10. The van der Waals surface area contributed by atoms with Crippen LogP contribution < -0.4 is 10.6 Å². The number of hydrogen-bond acceptors (Lipinski definition) is 6. The van der Waals surface area contributed by atoms with Gasteiger partial charge in [0.2, 0.25) is 0 Å². The van der Waals surface area contributed by atoms with Gasteiger partial charge in [-0.25, -0.2) is 14.2 Å². The third-order valence-corrected chi connectivity index (χ3v) is 6.37. The molecule has 4 rings (SSSR count). The standard InChI is InChI=1S/C25H22F7N5O4/c26-18-13-16(3-6-19(18)34-21(39)35-22-33-7-12-41-22)20(38)37-10-8-36(9-11-37)14-15-1-4-17(5-2-15)23(40,24(27,28)29)25(30,31)32/h1-7,12-13,40H,8-11,14H2,(H2,33,34,35,39). The highest BCUT2D eigenvalue weighted by Crippen LogP contribution is 2.50. The van der Waals surface area contributed by atoms with Gasteiger partial charge in [0.15, 0.2) is 0 Å². The van der Waals surface area contributed by atoms with E-state index in [9.17, 15) is 45.4 Å². The van der Waals surface area contributed by atoms with Crippen molar-refractivity contribution in [1.82, 2.24) is 14.8 Å². The van der Waals surface area contributed by atoms with Crippen molar-refractivity contribution in [3.05, 3.63) is 77.4 Å². The first kappa shape index (κ1) is 29.8. The number of halogens is 7. The fourth-order valence-corrected chi connectivity index (χ4v) is 4.17. The fourth-order valence-electron chi connectivity index (χ4n) is 4.17. The van der Waals surface area contributed by atoms with Crippen LogP contribution in [-0.2, 0) is 12.1 Å². The molecule has 0 atom stereocenters. The van der Waals surface area contributed by atoms with E-state index in [0.717, 1.165) is 18.2 Å². The first-order valence-corrected chi connectivity index (χ1v) is 11.9. The largest absolute Gasteiger partial charge is 0.432 e. The van der Waals surface area contributed by atoms with Crippen LogP contribution in [0.15, 0.2) is 59.3 Å². The van der Waals surface area contributed by atoms with Gasteiger partial charge in [0, 0.05) is 43.9 Å². The van der Waals surface area contributed by atoms with Crippen LogP contribution in [0.1, 0.15) is 21.5 Å². The number of rotatable bonds is 6. The van der Waals surface area contributed by atoms with Gasteiger partial charge in [-0.15, -0.1) is 0 Å². The Morgan fingerprint density at radius 2 is 1.56 bits per heavy atom. The second-order valence-corrected chi connectivity index (χ2v) is 9.08. The molecule has 2 aromatic carbocycles. The van der Waals surface area contributed by atoms with Crippen molar-refractivity contribution in [2.45, 2.75) is 24.5 Å². The summed E-state index contributed by atoms with van der Waals surface area (Å²) in [6.45, 7) is 1.26. The number of nitrogens with zero attached hydrogens (tertiary/aromatic N) is 3. The number of aliphatic hydroxyl groups is 1. The van der Waals surface area contributed by atoms with Crippen LogP contribution in [0, 0.1) is 5.82 Å². The zero-order valence-electron chi connectivity index (χ0n) is 20.9. The Kier molecular flexibility index (Phi) is 8.26. The molecule has 0 spiro atoms. The molecule has 0 radical (unpaired) electrons. The lowest BCUT2D eigenvalue weighted by molar-refractivity contribution is -0.376. The van der Waals surface area contributed by atoms with Crippen LogP contribution >= 0.6 is 0 Å². The number of alkyl halides is 6. The lowest BCUT2D eigenvalue weighted by atomic mass is 9.91. The van der Waals surface area contributed by atoms with Crippen molar-refractivity contribution in [3.8, 4) is 0 Å². The monoisotopic (exact) mass is 589 g/mol. The van der Waals surface area contributed by atoms with Crippen LogP contribution in [0.2, 0.25) is 0 Å². The zero-order valence-corrected chi connectivity index (χ0v) is 20.9. The maximum Gasteiger partial charge on any atom is 0.430 e. The third kappa shape index (κ3) is 6.43. The average Bonchev–Trinajstić information content (AvgIpc) is 3.41. The minimum atomic E-state index is -5.97. The molecule has 220 valence electrons. The molecule has 1 fully saturated rings. The van der Waals surface area contributed by atoms with Gasteiger partial charge in [0.1, 0.15) is 12.1 Å². The van der Waals surface area contributed by atoms with Crippen molar-refractivity contribution in [1.29, 1.82) is 0 Å². The fraction of sp³-hybridized carbons (Fsp3) is 0.320. The Bertz CT molecular complexity index is 1360. The second-order valence-electron chi connectivity index (χ2n) is 9.08. The number of aromatic nitrogens is 1. The molecule has 1 aliphatic rings. The summed E-state index contributed by atoms with van der Waals surface area (Å²) < 4.78 is 97.9. The van der Waals surface area contributed by atoms with Crippen molar-refractivity contribution in [2.24, 2.45) is 0 Å². The van der Waals surface area contributed by atoms with E-state index in [0.29, 0.717) is 30.8 Å². The second kappa shape index (κ2) is 11.4. The predicted molar refractivity (Wildman–Crippen MR) is 129 cm³/mol. The smallest absolute Gasteiger partial charge is 0.430 e. The molecule has 9 nitrogen and oxygen atoms in total. The minimum absolute atomic E-state index is 0.0343. The molecule has 1 aromatic heterocycles. The van der Waals surface area contributed by atoms with Crippen LogP contribution in [0.4, 0.5) is 47.2 Å². The molecular weight excluding hydrogens is 567 g/mol. The first-order chi connectivity index (χ1) is 19.2. The van der Waals surface area contributed by atoms with Gasteiger partial charge in [-0.3, -0.25) is 15.0 Å². The van der Waals surface area contributed by atoms with E-state index in [1.165, 1.54) is 29.5 Å². The van der Waals surface area contributed by atoms with Gasteiger partial charge in [0.25, 0.3) is 11.5 Å². The number of carbonyl (C=O) groups is 2. The number of piperazine rings is 1. The van der Waals surface area contributed by atoms with E-state index in [2.05, 4.69) is 15.6 Å². The highest BCUT2D eigenvalue weighted by molar-refractivity contribution is 5.99. The third-order valence-electron chi connectivity index (χ3n) is 6.37. The van der Waals surface area contributed by atoms with E-state index < -0.39 is 41.3 Å². The number of amides is 3. The van der Waals surface area contributed by atoms with Crippen LogP contribution in [-0.4, -0.2) is 70.4 Å². The van der Waals surface area contributed by atoms with Crippen molar-refractivity contribution in [3.63, 3.8) is 0 Å². The molecule has 0 saturated carbocycles. The Balaban J connectivity index is 1.32. The number of urea groups is 1. The Morgan fingerprint density at radius 3 is 2.10 bits per heavy atom. The lowest BCUT2D eigenvalue weighted by Gasteiger charge is -2.35. The summed E-state index contributed by atoms with van der Waals surface area (Å²) in [7, 11) is 0. The van der Waals surface area contributed by atoms with E-state index in [1.54, 1.807) is 0 Å². The topological polar surface area (TPSA) is 111 Å². The molecule has 1 saturated heterocycles. The van der Waals surface area contributed by atoms with E-state index in [4.69, 9.17) is 4.42 Å². The predicted octanol–water partition coefficient (Wildman–Crippen LogP) is 4.73. The maximum absolute atomic E-state index is 14.6. The van der Waals surface area contributed by atoms with Gasteiger partial charge >= 0.3 is 24.4 Å². The first-order valence-electron chi connectivity index (χ1n) is 11.9. The molecule has 0 unspecified atom stereocenters. The number of anilines is 2. The number of benzene rings is 2. The van der Waals surface area contributed by atoms with E-state index in [-0.39, 0.29) is 36.9 Å². The SMILES string of the molecule is O=C(Nc1ncco1)Nc1ccc(C(=O)N2CCN(Cc3ccc(C(O)(C(F)(F)F)C(F)(F)F)cc3)CC2)cc1F. The van der Waals surface area contributed by atoms with Gasteiger partial charge in [-0.2, -0.15) is 26.3 Å². The van der Waals surface area contributed by atoms with Gasteiger partial charge in [0.05, 0.1) is 11.9 Å². The molecule has 41 heavy (non-hydrogen) atoms. The van der Waals surface area contributed by atoms with Gasteiger partial charge < -0.3 is 19.7 Å².